The molecule has 1 rings (SSSR count). The van der Waals surface area contributed by atoms with E-state index in [2.05, 4.69) is 5.32 Å². The van der Waals surface area contributed by atoms with Gasteiger partial charge in [-0.1, -0.05) is 0 Å². The number of ether oxygens (including phenoxy) is 1. The van der Waals surface area contributed by atoms with E-state index in [1.165, 1.54) is 7.11 Å². The van der Waals surface area contributed by atoms with E-state index in [-0.39, 0.29) is 18.5 Å². The summed E-state index contributed by atoms with van der Waals surface area (Å²) in [5.41, 5.74) is -1.73. The van der Waals surface area contributed by atoms with Gasteiger partial charge < -0.3 is 10.1 Å². The molecule has 0 saturated carbocycles. The van der Waals surface area contributed by atoms with Crippen LogP contribution in [0.5, 0.6) is 0 Å². The number of methoxy groups -OCH3 is 1. The van der Waals surface area contributed by atoms with Crippen LogP contribution in [0.4, 0.5) is 17.6 Å². The van der Waals surface area contributed by atoms with Crippen molar-refractivity contribution >= 4 is 17.5 Å². The predicted molar refractivity (Wildman–Crippen MR) is 69.9 cm³/mol. The van der Waals surface area contributed by atoms with Crippen molar-refractivity contribution in [2.75, 3.05) is 20.3 Å². The topological polar surface area (TPSA) is 38.3 Å². The molecule has 0 aromatic heterocycles. The van der Waals surface area contributed by atoms with Gasteiger partial charge in [-0.05, 0) is 24.6 Å². The SMILES string of the molecule is COCC(Cl)CCNC(=O)c1cc(C(F)(F)F)ccc1F. The summed E-state index contributed by atoms with van der Waals surface area (Å²) in [5.74, 6) is -1.93. The minimum absolute atomic E-state index is 0.103. The van der Waals surface area contributed by atoms with Gasteiger partial charge in [0.15, 0.2) is 0 Å². The first-order valence-corrected chi connectivity index (χ1v) is 6.47. The van der Waals surface area contributed by atoms with E-state index < -0.39 is 29.0 Å². The quantitative estimate of drug-likeness (QED) is 0.643. The lowest BCUT2D eigenvalue weighted by molar-refractivity contribution is -0.137. The average Bonchev–Trinajstić information content (AvgIpc) is 2.38. The molecule has 1 unspecified atom stereocenters. The first kappa shape index (κ1) is 17.7. The van der Waals surface area contributed by atoms with Crippen molar-refractivity contribution in [3.05, 3.63) is 35.1 Å². The molecule has 0 aliphatic carbocycles. The van der Waals surface area contributed by atoms with Crippen molar-refractivity contribution in [2.45, 2.75) is 18.0 Å². The number of alkyl halides is 4. The number of amides is 1. The molecule has 0 aliphatic heterocycles. The van der Waals surface area contributed by atoms with Gasteiger partial charge in [0, 0.05) is 13.7 Å². The Morgan fingerprint density at radius 2 is 2.10 bits per heavy atom. The number of rotatable bonds is 6. The van der Waals surface area contributed by atoms with E-state index >= 15 is 0 Å². The second-order valence-electron chi connectivity index (χ2n) is 4.29. The Labute approximate surface area is 124 Å². The molecule has 8 heteroatoms. The zero-order valence-corrected chi connectivity index (χ0v) is 11.9. The Bertz CT molecular complexity index is 494. The normalized spacial score (nSPS) is 13.0. The zero-order valence-electron chi connectivity index (χ0n) is 11.1. The summed E-state index contributed by atoms with van der Waals surface area (Å²) in [7, 11) is 1.46. The molecule has 1 atom stereocenters. The minimum Gasteiger partial charge on any atom is -0.383 e. The maximum atomic E-state index is 13.4. The minimum atomic E-state index is -4.64. The van der Waals surface area contributed by atoms with Crippen LogP contribution >= 0.6 is 11.6 Å². The Balaban J connectivity index is 2.69. The highest BCUT2D eigenvalue weighted by Crippen LogP contribution is 2.30. The second kappa shape index (κ2) is 7.61. The molecular weight excluding hydrogens is 314 g/mol. The average molecular weight is 328 g/mol. The number of nitrogens with one attached hydrogen (secondary N) is 1. The van der Waals surface area contributed by atoms with Crippen LogP contribution in [0.2, 0.25) is 0 Å². The van der Waals surface area contributed by atoms with E-state index in [0.717, 1.165) is 0 Å². The lowest BCUT2D eigenvalue weighted by atomic mass is 10.1. The van der Waals surface area contributed by atoms with Crippen LogP contribution in [0.3, 0.4) is 0 Å². The van der Waals surface area contributed by atoms with Crippen LogP contribution in [0.25, 0.3) is 0 Å². The van der Waals surface area contributed by atoms with Crippen LogP contribution < -0.4 is 5.32 Å². The third kappa shape index (κ3) is 5.51. The lowest BCUT2D eigenvalue weighted by Crippen LogP contribution is -2.28. The van der Waals surface area contributed by atoms with Crippen molar-refractivity contribution in [2.24, 2.45) is 0 Å². The number of halogens is 5. The second-order valence-corrected chi connectivity index (χ2v) is 4.91. The molecule has 3 nitrogen and oxygen atoms in total. The Kier molecular flexibility index (Phi) is 6.42. The van der Waals surface area contributed by atoms with Crippen molar-refractivity contribution in [3.8, 4) is 0 Å². The monoisotopic (exact) mass is 327 g/mol. The van der Waals surface area contributed by atoms with Gasteiger partial charge in [0.25, 0.3) is 5.91 Å². The van der Waals surface area contributed by atoms with E-state index in [1.807, 2.05) is 0 Å². The molecule has 0 fully saturated rings. The van der Waals surface area contributed by atoms with Crippen molar-refractivity contribution in [3.63, 3.8) is 0 Å². The molecule has 1 aromatic carbocycles. The van der Waals surface area contributed by atoms with Gasteiger partial charge in [0.2, 0.25) is 0 Å². The molecule has 0 radical (unpaired) electrons. The van der Waals surface area contributed by atoms with Gasteiger partial charge in [-0.25, -0.2) is 4.39 Å². The lowest BCUT2D eigenvalue weighted by Gasteiger charge is -2.11. The predicted octanol–water partition coefficient (Wildman–Crippen LogP) is 3.22. The summed E-state index contributed by atoms with van der Waals surface area (Å²) in [6.45, 7) is 0.376. The highest BCUT2D eigenvalue weighted by Gasteiger charge is 2.31. The zero-order chi connectivity index (χ0) is 16.0. The maximum absolute atomic E-state index is 13.4. The van der Waals surface area contributed by atoms with Gasteiger partial charge in [0.05, 0.1) is 23.1 Å². The Hall–Kier alpha value is -1.34. The van der Waals surface area contributed by atoms with Crippen LogP contribution in [0.15, 0.2) is 18.2 Å². The third-order valence-electron chi connectivity index (χ3n) is 2.63. The van der Waals surface area contributed by atoms with E-state index in [0.29, 0.717) is 24.6 Å². The van der Waals surface area contributed by atoms with E-state index in [4.69, 9.17) is 16.3 Å². The first-order chi connectivity index (χ1) is 9.75. The van der Waals surface area contributed by atoms with Gasteiger partial charge in [-0.2, -0.15) is 13.2 Å². The number of carbonyl (C=O) groups excluding carboxylic acids is 1. The highest BCUT2D eigenvalue weighted by atomic mass is 35.5. The molecule has 1 aromatic rings. The molecule has 0 heterocycles. The molecule has 0 saturated heterocycles. The Morgan fingerprint density at radius 1 is 1.43 bits per heavy atom. The number of hydrogen-bond donors (Lipinski definition) is 1. The fourth-order valence-corrected chi connectivity index (χ4v) is 1.81. The van der Waals surface area contributed by atoms with Gasteiger partial charge in [-0.15, -0.1) is 11.6 Å². The fourth-order valence-electron chi connectivity index (χ4n) is 1.58. The van der Waals surface area contributed by atoms with Gasteiger partial charge >= 0.3 is 6.18 Å². The van der Waals surface area contributed by atoms with Crippen molar-refractivity contribution in [1.82, 2.24) is 5.32 Å². The summed E-state index contributed by atoms with van der Waals surface area (Å²) in [6.07, 6.45) is -4.29. The molecule has 21 heavy (non-hydrogen) atoms. The summed E-state index contributed by atoms with van der Waals surface area (Å²) in [5, 5.41) is 1.98. The molecule has 0 aliphatic rings. The molecular formula is C13H14ClF4NO2. The molecule has 1 amide bonds. The number of benzene rings is 1. The third-order valence-corrected chi connectivity index (χ3v) is 2.97. The highest BCUT2D eigenvalue weighted by molar-refractivity contribution is 6.20. The van der Waals surface area contributed by atoms with Crippen molar-refractivity contribution < 1.29 is 27.1 Å². The number of hydrogen-bond acceptors (Lipinski definition) is 2. The summed E-state index contributed by atoms with van der Waals surface area (Å²) < 4.78 is 55.8. The fraction of sp³-hybridized carbons (Fsp3) is 0.462. The summed E-state index contributed by atoms with van der Waals surface area (Å²) in [6, 6.07) is 1.69. The summed E-state index contributed by atoms with van der Waals surface area (Å²) >= 11 is 5.83. The molecule has 0 spiro atoms. The Morgan fingerprint density at radius 3 is 2.67 bits per heavy atom. The van der Waals surface area contributed by atoms with Crippen molar-refractivity contribution in [1.29, 1.82) is 0 Å². The number of carbonyl (C=O) groups is 1. The van der Waals surface area contributed by atoms with Gasteiger partial charge in [-0.3, -0.25) is 4.79 Å². The largest absolute Gasteiger partial charge is 0.416 e. The van der Waals surface area contributed by atoms with E-state index in [1.54, 1.807) is 0 Å². The van der Waals surface area contributed by atoms with Crippen LogP contribution in [-0.2, 0) is 10.9 Å². The molecule has 118 valence electrons. The van der Waals surface area contributed by atoms with Crippen LogP contribution in [0.1, 0.15) is 22.3 Å². The van der Waals surface area contributed by atoms with Crippen LogP contribution in [0, 0.1) is 5.82 Å². The maximum Gasteiger partial charge on any atom is 0.416 e. The van der Waals surface area contributed by atoms with Gasteiger partial charge in [0.1, 0.15) is 5.82 Å². The summed E-state index contributed by atoms with van der Waals surface area (Å²) in [4.78, 5) is 11.7. The van der Waals surface area contributed by atoms with Crippen LogP contribution in [-0.4, -0.2) is 31.5 Å². The van der Waals surface area contributed by atoms with E-state index in [9.17, 15) is 22.4 Å². The molecule has 0 bridgehead atoms. The molecule has 1 N–H and O–H groups in total. The first-order valence-electron chi connectivity index (χ1n) is 6.03. The standard InChI is InChI=1S/C13H14ClF4NO2/c1-21-7-9(14)4-5-19-12(20)10-6-8(13(16,17)18)2-3-11(10)15/h2-3,6,9H,4-5,7H2,1H3,(H,19,20). The smallest absolute Gasteiger partial charge is 0.383 e.